The molecule has 2 bridgehead atoms. The normalized spacial score (nSPS) is 21.8. The second-order valence-electron chi connectivity index (χ2n) is 14.4. The summed E-state index contributed by atoms with van der Waals surface area (Å²) in [6.45, 7) is 2.35. The van der Waals surface area contributed by atoms with Crippen molar-refractivity contribution in [2.24, 2.45) is 5.92 Å². The van der Waals surface area contributed by atoms with Gasteiger partial charge in [-0.25, -0.2) is 22.5 Å². The van der Waals surface area contributed by atoms with E-state index in [0.717, 1.165) is 35.6 Å². The molecule has 9 nitrogen and oxygen atoms in total. The molecule has 268 valence electrons. The summed E-state index contributed by atoms with van der Waals surface area (Å²) in [4.78, 5) is 26.8. The number of nitrogens with zero attached hydrogens (tertiary/aromatic N) is 5. The number of alkyl halides is 2. The highest BCUT2D eigenvalue weighted by molar-refractivity contribution is 7.23. The van der Waals surface area contributed by atoms with Gasteiger partial charge in [0.05, 0.1) is 39.9 Å². The number of benzene rings is 2. The molecule has 3 fully saturated rings. The summed E-state index contributed by atoms with van der Waals surface area (Å²) in [6.07, 6.45) is 3.51. The van der Waals surface area contributed by atoms with E-state index in [4.69, 9.17) is 14.1 Å². The fraction of sp³-hybridized carbons (Fsp3) is 0.308. The SMILES string of the molecule is COc1c(F)ccc2c1CC(F)(F)[C@@H]2Nc1nccc2cc(-c3c4c(nc(CCc5ccc(F)cc5)c3-c3nnc(C)o3)C35CC(CN3C4=O)C5)sc12. The van der Waals surface area contributed by atoms with Crippen LogP contribution in [-0.4, -0.2) is 50.5 Å². The molecule has 11 rings (SSSR count). The Morgan fingerprint density at radius 2 is 1.85 bits per heavy atom. The fourth-order valence-electron chi connectivity index (χ4n) is 8.92. The molecule has 1 spiro atoms. The molecule has 1 amide bonds. The van der Waals surface area contributed by atoms with Crippen molar-refractivity contribution < 1.29 is 31.5 Å². The van der Waals surface area contributed by atoms with E-state index < -0.39 is 29.7 Å². The number of aromatic nitrogens is 4. The highest BCUT2D eigenvalue weighted by Gasteiger charge is 2.65. The van der Waals surface area contributed by atoms with Crippen LogP contribution >= 0.6 is 11.3 Å². The van der Waals surface area contributed by atoms with E-state index in [1.165, 1.54) is 36.6 Å². The molecular formula is C39H30F4N6O3S. The molecule has 7 heterocycles. The van der Waals surface area contributed by atoms with Gasteiger partial charge in [-0.15, -0.1) is 21.5 Å². The maximum Gasteiger partial charge on any atom is 0.276 e. The highest BCUT2D eigenvalue weighted by Crippen LogP contribution is 2.63. The van der Waals surface area contributed by atoms with Gasteiger partial charge in [0.25, 0.3) is 11.8 Å². The number of nitrogens with one attached hydrogen (secondary N) is 1. The van der Waals surface area contributed by atoms with Crippen molar-refractivity contribution in [3.05, 3.63) is 106 Å². The number of anilines is 1. The van der Waals surface area contributed by atoms with Crippen molar-refractivity contribution in [1.29, 1.82) is 0 Å². The first-order valence-electron chi connectivity index (χ1n) is 17.4. The van der Waals surface area contributed by atoms with Crippen molar-refractivity contribution in [2.45, 2.75) is 56.5 Å². The molecule has 0 unspecified atom stereocenters. The Morgan fingerprint density at radius 1 is 1.04 bits per heavy atom. The predicted octanol–water partition coefficient (Wildman–Crippen LogP) is 8.21. The van der Waals surface area contributed by atoms with Crippen LogP contribution < -0.4 is 10.1 Å². The van der Waals surface area contributed by atoms with E-state index in [0.29, 0.717) is 63.2 Å². The molecule has 2 aromatic carbocycles. The Bertz CT molecular complexity index is 2510. The molecule has 0 radical (unpaired) electrons. The molecule has 53 heavy (non-hydrogen) atoms. The van der Waals surface area contributed by atoms with E-state index in [9.17, 15) is 13.6 Å². The molecule has 14 heteroatoms. The number of methoxy groups -OCH3 is 1. The minimum Gasteiger partial charge on any atom is -0.493 e. The summed E-state index contributed by atoms with van der Waals surface area (Å²) < 4.78 is 71.5. The first-order valence-corrected chi connectivity index (χ1v) is 18.2. The largest absolute Gasteiger partial charge is 0.493 e. The standard InChI is InChI=1S/C39H30F4N6O3S/c1-18-47-48-36(52-18)28-26(10-5-19-3-6-22(40)7-4-19)45-34-30(37(50)49-17-20-14-38(34,49)15-20)29(28)27-13-21-11-12-44-35(32(21)53-27)46-33-23-8-9-25(41)31(51-2)24(23)16-39(33,42)43/h3-4,6-9,11-13,20,33H,5,10,14-17H2,1-2H3,(H,44,46)/t20?,33-,38?/m1/s1. The molecular weight excluding hydrogens is 709 g/mol. The number of carbonyl (C=O) groups is 1. The van der Waals surface area contributed by atoms with Crippen molar-refractivity contribution >= 4 is 33.1 Å². The Balaban J connectivity index is 1.15. The maximum absolute atomic E-state index is 15.7. The second-order valence-corrected chi connectivity index (χ2v) is 15.4. The van der Waals surface area contributed by atoms with E-state index in [2.05, 4.69) is 20.5 Å². The number of hydrogen-bond acceptors (Lipinski definition) is 9. The van der Waals surface area contributed by atoms with Crippen LogP contribution in [0.5, 0.6) is 5.75 Å². The first kappa shape index (κ1) is 32.3. The zero-order valence-corrected chi connectivity index (χ0v) is 29.3. The minimum atomic E-state index is -3.26. The Hall–Kier alpha value is -5.37. The van der Waals surface area contributed by atoms with Crippen molar-refractivity contribution in [2.75, 3.05) is 19.0 Å². The van der Waals surface area contributed by atoms with Gasteiger partial charge in [0.1, 0.15) is 17.7 Å². The van der Waals surface area contributed by atoms with E-state index >= 15 is 8.78 Å². The first-order chi connectivity index (χ1) is 25.5. The third kappa shape index (κ3) is 4.70. The van der Waals surface area contributed by atoms with Gasteiger partial charge in [-0.1, -0.05) is 18.2 Å². The predicted molar refractivity (Wildman–Crippen MR) is 188 cm³/mol. The number of thiophene rings is 1. The highest BCUT2D eigenvalue weighted by atomic mass is 32.1. The van der Waals surface area contributed by atoms with E-state index in [1.54, 1.807) is 31.3 Å². The van der Waals surface area contributed by atoms with Gasteiger partial charge >= 0.3 is 0 Å². The molecule has 2 aliphatic carbocycles. The number of hydrogen-bond donors (Lipinski definition) is 1. The summed E-state index contributed by atoms with van der Waals surface area (Å²) in [5, 5.41) is 12.2. The van der Waals surface area contributed by atoms with Crippen LogP contribution in [0.1, 0.15) is 63.2 Å². The molecule has 1 saturated carbocycles. The number of rotatable bonds is 8. The number of ether oxygens (including phenoxy) is 1. The lowest BCUT2D eigenvalue weighted by Crippen LogP contribution is -2.40. The van der Waals surface area contributed by atoms with Crippen LogP contribution in [0, 0.1) is 24.5 Å². The van der Waals surface area contributed by atoms with Crippen LogP contribution in [0.4, 0.5) is 23.4 Å². The van der Waals surface area contributed by atoms with Crippen LogP contribution in [0.15, 0.2) is 59.1 Å². The smallest absolute Gasteiger partial charge is 0.276 e. The topological polar surface area (TPSA) is 106 Å². The Kier molecular flexibility index (Phi) is 6.89. The third-order valence-corrected chi connectivity index (χ3v) is 12.4. The molecule has 1 atom stereocenters. The van der Waals surface area contributed by atoms with Crippen molar-refractivity contribution in [1.82, 2.24) is 25.1 Å². The zero-order chi connectivity index (χ0) is 36.4. The van der Waals surface area contributed by atoms with Crippen molar-refractivity contribution in [3.63, 3.8) is 0 Å². The molecule has 4 aromatic heterocycles. The number of carbonyl (C=O) groups excluding carboxylic acids is 1. The van der Waals surface area contributed by atoms with Crippen LogP contribution in [0.25, 0.3) is 32.0 Å². The molecule has 6 aromatic rings. The van der Waals surface area contributed by atoms with Gasteiger partial charge in [-0.05, 0) is 78.4 Å². The minimum absolute atomic E-state index is 0.109. The van der Waals surface area contributed by atoms with Crippen LogP contribution in [0.3, 0.4) is 0 Å². The van der Waals surface area contributed by atoms with Gasteiger partial charge in [0.2, 0.25) is 11.8 Å². The Labute approximate surface area is 304 Å². The summed E-state index contributed by atoms with van der Waals surface area (Å²) in [6, 6.07) is 11.1. The quantitative estimate of drug-likeness (QED) is 0.156. The summed E-state index contributed by atoms with van der Waals surface area (Å²) in [5.74, 6) is -3.39. The van der Waals surface area contributed by atoms with Gasteiger partial charge in [-0.3, -0.25) is 9.78 Å². The molecule has 1 N–H and O–H groups in total. The monoisotopic (exact) mass is 738 g/mol. The lowest BCUT2D eigenvalue weighted by atomic mass is 9.71. The maximum atomic E-state index is 15.7. The third-order valence-electron chi connectivity index (χ3n) is 11.2. The summed E-state index contributed by atoms with van der Waals surface area (Å²) in [7, 11) is 1.26. The number of pyridine rings is 2. The zero-order valence-electron chi connectivity index (χ0n) is 28.5. The molecule has 5 aliphatic rings. The van der Waals surface area contributed by atoms with Crippen LogP contribution in [0.2, 0.25) is 0 Å². The van der Waals surface area contributed by atoms with Gasteiger partial charge in [-0.2, -0.15) is 0 Å². The number of halogens is 4. The second kappa shape index (κ2) is 11.3. The fourth-order valence-corrected chi connectivity index (χ4v) is 10.1. The van der Waals surface area contributed by atoms with E-state index in [-0.39, 0.29) is 40.3 Å². The Morgan fingerprint density at radius 3 is 2.60 bits per heavy atom. The molecule has 3 aliphatic heterocycles. The average Bonchev–Trinajstić information content (AvgIpc) is 3.96. The van der Waals surface area contributed by atoms with Gasteiger partial charge < -0.3 is 19.4 Å². The lowest BCUT2D eigenvalue weighted by molar-refractivity contribution is -0.00736. The van der Waals surface area contributed by atoms with Crippen LogP contribution in [-0.2, 0) is 24.8 Å². The molecule has 2 saturated heterocycles. The number of fused-ring (bicyclic) bond motifs is 3. The summed E-state index contributed by atoms with van der Waals surface area (Å²) >= 11 is 1.32. The summed E-state index contributed by atoms with van der Waals surface area (Å²) in [5.41, 5.74) is 3.82. The van der Waals surface area contributed by atoms with Gasteiger partial charge in [0, 0.05) is 42.1 Å². The number of aryl methyl sites for hydroxylation is 3. The lowest BCUT2D eigenvalue weighted by Gasteiger charge is -2.37. The van der Waals surface area contributed by atoms with Crippen molar-refractivity contribution in [3.8, 4) is 27.6 Å². The number of amides is 1. The average molecular weight is 739 g/mol. The van der Waals surface area contributed by atoms with E-state index in [1.807, 2.05) is 11.0 Å². The van der Waals surface area contributed by atoms with Gasteiger partial charge in [0.15, 0.2) is 11.6 Å².